The molecule has 0 aliphatic carbocycles. The monoisotopic (exact) mass is 481 g/mol. The van der Waals surface area contributed by atoms with E-state index in [0.717, 1.165) is 23.8 Å². The summed E-state index contributed by atoms with van der Waals surface area (Å²) in [6.45, 7) is 1.71. The minimum absolute atomic E-state index is 0.0400. The average molecular weight is 482 g/mol. The number of anilines is 2. The Labute approximate surface area is 183 Å². The average Bonchev–Trinajstić information content (AvgIpc) is 2.69. The Hall–Kier alpha value is -3.14. The number of aryl methyl sites for hydroxylation is 1. The van der Waals surface area contributed by atoms with Crippen LogP contribution in [0.5, 0.6) is 0 Å². The normalized spacial score (nSPS) is 12.5. The van der Waals surface area contributed by atoms with E-state index in [1.54, 1.807) is 18.2 Å². The Morgan fingerprint density at radius 3 is 2.28 bits per heavy atom. The highest BCUT2D eigenvalue weighted by molar-refractivity contribution is 7.86. The molecule has 3 aromatic rings. The summed E-state index contributed by atoms with van der Waals surface area (Å²) in [4.78, 5) is 3.79. The van der Waals surface area contributed by atoms with E-state index >= 15 is 0 Å². The number of azo groups is 1. The van der Waals surface area contributed by atoms with Gasteiger partial charge < -0.3 is 11.5 Å². The SMILES string of the molecule is Cc1ccc(N=Nc2cc3c(N)cc(S(=O)(=O)O)cc3cc2S(=O)(=O)O)c(NOCN)c1. The standard InChI is InChI=1S/C18H19N5O7S2/c1-10-2-3-15(16(4-10)23-30-9-19)21-22-17-8-13-11(6-18(17)32(27,28)29)5-12(7-14(13)20)31(24,25)26/h2-8,23H,9,19-20H2,1H3,(H,24,25,26)(H,27,28,29). The van der Waals surface area contributed by atoms with Crippen molar-refractivity contribution >= 4 is 53.8 Å². The highest BCUT2D eigenvalue weighted by Crippen LogP contribution is 2.36. The van der Waals surface area contributed by atoms with Crippen LogP contribution in [0.25, 0.3) is 10.8 Å². The predicted octanol–water partition coefficient (Wildman–Crippen LogP) is 2.90. The van der Waals surface area contributed by atoms with E-state index in [-0.39, 0.29) is 34.6 Å². The zero-order valence-corrected chi connectivity index (χ0v) is 18.2. The second kappa shape index (κ2) is 8.78. The molecule has 0 unspecified atom stereocenters. The summed E-state index contributed by atoms with van der Waals surface area (Å²) in [6, 6.07) is 9.27. The smallest absolute Gasteiger partial charge is 0.296 e. The number of hydrogen-bond donors (Lipinski definition) is 5. The van der Waals surface area contributed by atoms with Gasteiger partial charge in [-0.25, -0.2) is 0 Å². The van der Waals surface area contributed by atoms with Crippen LogP contribution in [0.3, 0.4) is 0 Å². The largest absolute Gasteiger partial charge is 0.398 e. The number of rotatable bonds is 7. The Kier molecular flexibility index (Phi) is 6.45. The van der Waals surface area contributed by atoms with Gasteiger partial charge in [-0.2, -0.15) is 16.8 Å². The third kappa shape index (κ3) is 5.18. The fourth-order valence-corrected chi connectivity index (χ4v) is 4.05. The first kappa shape index (κ1) is 23.5. The fraction of sp³-hybridized carbons (Fsp3) is 0.111. The molecule has 0 amide bonds. The maximum Gasteiger partial charge on any atom is 0.296 e. The van der Waals surface area contributed by atoms with Crippen LogP contribution in [0.2, 0.25) is 0 Å². The lowest BCUT2D eigenvalue weighted by atomic mass is 10.1. The van der Waals surface area contributed by atoms with Crippen LogP contribution in [-0.4, -0.2) is 32.7 Å². The second-order valence-corrected chi connectivity index (χ2v) is 9.45. The molecule has 7 N–H and O–H groups in total. The molecule has 170 valence electrons. The molecule has 0 saturated carbocycles. The molecule has 0 saturated heterocycles. The number of nitrogen functional groups attached to an aromatic ring is 1. The summed E-state index contributed by atoms with van der Waals surface area (Å²) in [5.41, 5.74) is 15.0. The van der Waals surface area contributed by atoms with Crippen LogP contribution in [0, 0.1) is 6.92 Å². The molecule has 12 nitrogen and oxygen atoms in total. The van der Waals surface area contributed by atoms with Crippen LogP contribution < -0.4 is 16.9 Å². The van der Waals surface area contributed by atoms with Crippen molar-refractivity contribution < 1.29 is 30.8 Å². The predicted molar refractivity (Wildman–Crippen MR) is 117 cm³/mol. The number of hydrogen-bond acceptors (Lipinski definition) is 10. The summed E-state index contributed by atoms with van der Waals surface area (Å²) in [5.74, 6) is 0. The number of benzene rings is 3. The van der Waals surface area contributed by atoms with Gasteiger partial charge in [0.2, 0.25) is 0 Å². The van der Waals surface area contributed by atoms with Crippen molar-refractivity contribution in [3.8, 4) is 0 Å². The van der Waals surface area contributed by atoms with E-state index in [1.165, 1.54) is 6.07 Å². The van der Waals surface area contributed by atoms with Crippen LogP contribution >= 0.6 is 0 Å². The van der Waals surface area contributed by atoms with E-state index in [4.69, 9.17) is 16.3 Å². The van der Waals surface area contributed by atoms with E-state index in [0.29, 0.717) is 5.69 Å². The highest BCUT2D eigenvalue weighted by atomic mass is 32.2. The number of nitrogens with two attached hydrogens (primary N) is 2. The molecular weight excluding hydrogens is 462 g/mol. The topological polar surface area (TPSA) is 207 Å². The number of fused-ring (bicyclic) bond motifs is 1. The van der Waals surface area contributed by atoms with E-state index < -0.39 is 30.0 Å². The minimum atomic E-state index is -4.78. The van der Waals surface area contributed by atoms with Crippen LogP contribution in [0.1, 0.15) is 5.56 Å². The Bertz CT molecular complexity index is 1440. The molecule has 0 radical (unpaired) electrons. The van der Waals surface area contributed by atoms with Crippen LogP contribution in [-0.2, 0) is 25.1 Å². The Morgan fingerprint density at radius 1 is 0.969 bits per heavy atom. The van der Waals surface area contributed by atoms with Gasteiger partial charge in [0.15, 0.2) is 0 Å². The summed E-state index contributed by atoms with van der Waals surface area (Å²) in [6.07, 6.45) is 0. The Morgan fingerprint density at radius 2 is 1.66 bits per heavy atom. The molecule has 0 fully saturated rings. The van der Waals surface area contributed by atoms with E-state index in [9.17, 15) is 25.9 Å². The molecule has 0 bridgehead atoms. The van der Waals surface area contributed by atoms with Crippen molar-refractivity contribution in [3.05, 3.63) is 48.0 Å². The van der Waals surface area contributed by atoms with Gasteiger partial charge in [0.25, 0.3) is 20.2 Å². The first-order chi connectivity index (χ1) is 14.9. The number of nitrogens with one attached hydrogen (secondary N) is 1. The Balaban J connectivity index is 2.19. The van der Waals surface area contributed by atoms with Gasteiger partial charge in [-0.3, -0.25) is 19.4 Å². The van der Waals surface area contributed by atoms with E-state index in [2.05, 4.69) is 15.7 Å². The maximum absolute atomic E-state index is 11.9. The zero-order chi connectivity index (χ0) is 23.7. The van der Waals surface area contributed by atoms with Crippen molar-refractivity contribution in [2.75, 3.05) is 17.9 Å². The van der Waals surface area contributed by atoms with Crippen molar-refractivity contribution in [2.45, 2.75) is 16.7 Å². The van der Waals surface area contributed by atoms with Gasteiger partial charge in [0, 0.05) is 11.1 Å². The molecule has 0 aliphatic heterocycles. The summed E-state index contributed by atoms with van der Waals surface area (Å²) < 4.78 is 65.7. The number of nitrogens with zero attached hydrogens (tertiary/aromatic N) is 2. The molecule has 3 aromatic carbocycles. The molecule has 0 heterocycles. The second-order valence-electron chi connectivity index (χ2n) is 6.64. The fourth-order valence-electron chi connectivity index (χ4n) is 2.86. The molecule has 0 aliphatic rings. The van der Waals surface area contributed by atoms with E-state index in [1.807, 2.05) is 6.92 Å². The van der Waals surface area contributed by atoms with Gasteiger partial charge in [-0.1, -0.05) is 6.07 Å². The van der Waals surface area contributed by atoms with Gasteiger partial charge in [0.05, 0.1) is 10.6 Å². The molecule has 0 atom stereocenters. The van der Waals surface area contributed by atoms with Crippen molar-refractivity contribution in [2.24, 2.45) is 16.0 Å². The summed E-state index contributed by atoms with van der Waals surface area (Å²) in [5, 5.41) is 8.24. The molecule has 0 spiro atoms. The van der Waals surface area contributed by atoms with Gasteiger partial charge >= 0.3 is 0 Å². The lowest BCUT2D eigenvalue weighted by molar-refractivity contribution is 0.202. The zero-order valence-electron chi connectivity index (χ0n) is 16.5. The molecule has 32 heavy (non-hydrogen) atoms. The lowest BCUT2D eigenvalue weighted by Gasteiger charge is -2.10. The van der Waals surface area contributed by atoms with Gasteiger partial charge in [-0.05, 0) is 54.3 Å². The first-order valence-electron chi connectivity index (χ1n) is 8.82. The van der Waals surface area contributed by atoms with Crippen LogP contribution in [0.4, 0.5) is 22.7 Å². The van der Waals surface area contributed by atoms with Crippen molar-refractivity contribution in [1.29, 1.82) is 0 Å². The summed E-state index contributed by atoms with van der Waals surface area (Å²) in [7, 11) is -9.38. The third-order valence-corrected chi connectivity index (χ3v) is 6.01. The quantitative estimate of drug-likeness (QED) is 0.110. The maximum atomic E-state index is 11.9. The minimum Gasteiger partial charge on any atom is -0.398 e. The van der Waals surface area contributed by atoms with Gasteiger partial charge in [-0.15, -0.1) is 10.2 Å². The van der Waals surface area contributed by atoms with Crippen molar-refractivity contribution in [3.63, 3.8) is 0 Å². The third-order valence-electron chi connectivity index (χ3n) is 4.30. The molecule has 0 aromatic heterocycles. The highest BCUT2D eigenvalue weighted by Gasteiger charge is 2.20. The van der Waals surface area contributed by atoms with Crippen molar-refractivity contribution in [1.82, 2.24) is 0 Å². The summed E-state index contributed by atoms with van der Waals surface area (Å²) >= 11 is 0. The van der Waals surface area contributed by atoms with Gasteiger partial charge in [0.1, 0.15) is 23.0 Å². The first-order valence-corrected chi connectivity index (χ1v) is 11.7. The molecular formula is C18H19N5O7S2. The lowest BCUT2D eigenvalue weighted by Crippen LogP contribution is -2.10. The molecule has 14 heteroatoms. The van der Waals surface area contributed by atoms with Crippen LogP contribution in [0.15, 0.2) is 62.5 Å². The molecule has 3 rings (SSSR count).